The Morgan fingerprint density at radius 1 is 1.50 bits per heavy atom. The van der Waals surface area contributed by atoms with Crippen molar-refractivity contribution in [2.75, 3.05) is 7.11 Å². The molecule has 0 aliphatic carbocycles. The minimum Gasteiger partial charge on any atom is -0.496 e. The van der Waals surface area contributed by atoms with E-state index in [-0.39, 0.29) is 0 Å². The molecule has 0 bridgehead atoms. The Bertz CT molecular complexity index is 353. The normalized spacial score (nSPS) is 12.7. The molecule has 0 spiro atoms. The van der Waals surface area contributed by atoms with E-state index in [0.717, 1.165) is 0 Å². The van der Waals surface area contributed by atoms with Crippen LogP contribution >= 0.6 is 0 Å². The largest absolute Gasteiger partial charge is 0.496 e. The lowest BCUT2D eigenvalue weighted by Crippen LogP contribution is -1.92. The fraction of sp³-hybridized carbons (Fsp3) is 0.125. The van der Waals surface area contributed by atoms with Gasteiger partial charge in [-0.1, -0.05) is 17.3 Å². The van der Waals surface area contributed by atoms with E-state index in [1.54, 1.807) is 24.3 Å². The molecule has 5 nitrogen and oxygen atoms in total. The number of nitrogens with zero attached hydrogens (tertiary/aromatic N) is 1. The zero-order valence-electron chi connectivity index (χ0n) is 7.41. The summed E-state index contributed by atoms with van der Waals surface area (Å²) in [5.41, 5.74) is 0.667. The Morgan fingerprint density at radius 3 is 2.86 bits per heavy atom. The van der Waals surface area contributed by atoms with Gasteiger partial charge in [0.1, 0.15) is 5.75 Å². The average Bonchev–Trinajstić information content (AvgIpc) is 2.18. The van der Waals surface area contributed by atoms with Crippen molar-refractivity contribution in [1.29, 1.82) is 0 Å². The molecule has 1 atom stereocenters. The lowest BCUT2D eigenvalue weighted by Gasteiger charge is -2.01. The third-order valence-corrected chi connectivity index (χ3v) is 1.65. The molecule has 0 aliphatic rings. The highest BCUT2D eigenvalue weighted by molar-refractivity contribution is 7.74. The molecular formula is C8H9NO4S. The second-order valence-corrected chi connectivity index (χ2v) is 2.85. The third-order valence-electron chi connectivity index (χ3n) is 1.44. The molecule has 0 aliphatic heterocycles. The van der Waals surface area contributed by atoms with Gasteiger partial charge in [-0.15, -0.1) is 0 Å². The zero-order chi connectivity index (χ0) is 10.4. The number of methoxy groups -OCH3 is 1. The minimum absolute atomic E-state index is 0.614. The van der Waals surface area contributed by atoms with Crippen molar-refractivity contribution in [1.82, 2.24) is 0 Å². The fourth-order valence-corrected chi connectivity index (χ4v) is 1.00. The number of hydrogen-bond acceptors (Lipinski definition) is 4. The quantitative estimate of drug-likeness (QED) is 0.465. The summed E-state index contributed by atoms with van der Waals surface area (Å²) in [5.74, 6) is 0.614. The number of ether oxygens (including phenoxy) is 1. The summed E-state index contributed by atoms with van der Waals surface area (Å²) in [7, 11) is 1.53. The Morgan fingerprint density at radius 2 is 2.21 bits per heavy atom. The van der Waals surface area contributed by atoms with E-state index in [1.807, 2.05) is 0 Å². The first-order valence-corrected chi connectivity index (χ1v) is 4.72. The van der Waals surface area contributed by atoms with E-state index in [2.05, 4.69) is 9.44 Å². The molecular weight excluding hydrogens is 206 g/mol. The highest BCUT2D eigenvalue weighted by Crippen LogP contribution is 2.14. The molecule has 1 rings (SSSR count). The summed E-state index contributed by atoms with van der Waals surface area (Å²) in [6.07, 6.45) is 1.30. The van der Waals surface area contributed by atoms with Crippen LogP contribution in [0.15, 0.2) is 29.4 Å². The molecule has 1 aromatic carbocycles. The minimum atomic E-state index is -2.39. The van der Waals surface area contributed by atoms with Crippen LogP contribution in [-0.4, -0.2) is 22.1 Å². The van der Waals surface area contributed by atoms with Crippen LogP contribution in [0.3, 0.4) is 0 Å². The second kappa shape index (κ2) is 5.36. The molecule has 0 saturated carbocycles. The van der Waals surface area contributed by atoms with Crippen molar-refractivity contribution in [3.8, 4) is 5.75 Å². The summed E-state index contributed by atoms with van der Waals surface area (Å²) in [5, 5.41) is 3.29. The molecule has 1 N–H and O–H groups in total. The van der Waals surface area contributed by atoms with Crippen LogP contribution in [0, 0.1) is 0 Å². The smallest absolute Gasteiger partial charge is 0.378 e. The van der Waals surface area contributed by atoms with Gasteiger partial charge in [0.25, 0.3) is 0 Å². The van der Waals surface area contributed by atoms with E-state index < -0.39 is 11.4 Å². The fourth-order valence-electron chi connectivity index (χ4n) is 0.888. The lowest BCUT2D eigenvalue weighted by molar-refractivity contribution is 0.327. The van der Waals surface area contributed by atoms with Crippen LogP contribution in [0.4, 0.5) is 0 Å². The highest BCUT2D eigenvalue weighted by Gasteiger charge is 1.97. The monoisotopic (exact) mass is 215 g/mol. The highest BCUT2D eigenvalue weighted by atomic mass is 32.2. The SMILES string of the molecule is COc1ccccc1/C=N/OS(=O)O. The van der Waals surface area contributed by atoms with Crippen molar-refractivity contribution in [3.05, 3.63) is 29.8 Å². The summed E-state index contributed by atoms with van der Waals surface area (Å²) >= 11 is -2.39. The van der Waals surface area contributed by atoms with Gasteiger partial charge in [0.2, 0.25) is 0 Å². The van der Waals surface area contributed by atoms with Crippen LogP contribution < -0.4 is 4.74 Å². The molecule has 0 amide bonds. The number of hydrogen-bond donors (Lipinski definition) is 1. The van der Waals surface area contributed by atoms with Gasteiger partial charge in [0.15, 0.2) is 0 Å². The van der Waals surface area contributed by atoms with Gasteiger partial charge in [-0.2, -0.15) is 4.21 Å². The topological polar surface area (TPSA) is 68.1 Å². The maximum absolute atomic E-state index is 10.1. The first kappa shape index (κ1) is 10.7. The van der Waals surface area contributed by atoms with Gasteiger partial charge in [0.05, 0.1) is 13.3 Å². The predicted octanol–water partition coefficient (Wildman–Crippen LogP) is 1.18. The molecule has 6 heteroatoms. The van der Waals surface area contributed by atoms with Crippen LogP contribution in [-0.2, 0) is 15.6 Å². The van der Waals surface area contributed by atoms with Crippen LogP contribution in [0.25, 0.3) is 0 Å². The van der Waals surface area contributed by atoms with E-state index in [9.17, 15) is 4.21 Å². The van der Waals surface area contributed by atoms with Crippen molar-refractivity contribution >= 4 is 17.6 Å². The van der Waals surface area contributed by atoms with Gasteiger partial charge in [-0.25, -0.2) is 0 Å². The Labute approximate surface area is 83.8 Å². The molecule has 0 aromatic heterocycles. The van der Waals surface area contributed by atoms with Gasteiger partial charge in [0, 0.05) is 5.56 Å². The summed E-state index contributed by atoms with van der Waals surface area (Å²) in [4.78, 5) is 0. The molecule has 1 unspecified atom stereocenters. The molecule has 0 saturated heterocycles. The summed E-state index contributed by atoms with van der Waals surface area (Å²) in [6.45, 7) is 0. The van der Waals surface area contributed by atoms with E-state index in [0.29, 0.717) is 11.3 Å². The van der Waals surface area contributed by atoms with Crippen molar-refractivity contribution < 1.29 is 17.8 Å². The molecule has 76 valence electrons. The number of para-hydroxylation sites is 1. The van der Waals surface area contributed by atoms with E-state index in [4.69, 9.17) is 9.29 Å². The van der Waals surface area contributed by atoms with E-state index in [1.165, 1.54) is 13.3 Å². The van der Waals surface area contributed by atoms with Gasteiger partial charge >= 0.3 is 11.4 Å². The van der Waals surface area contributed by atoms with Crippen molar-refractivity contribution in [2.24, 2.45) is 5.16 Å². The second-order valence-electron chi connectivity index (χ2n) is 2.27. The Kier molecular flexibility index (Phi) is 4.09. The van der Waals surface area contributed by atoms with Crippen LogP contribution in [0.1, 0.15) is 5.56 Å². The standard InChI is InChI=1S/C8H9NO4S/c1-12-8-5-3-2-4-7(8)6-9-13-14(10)11/h2-6H,1H3,(H,10,11)/b9-6+. The molecule has 0 fully saturated rings. The maximum atomic E-state index is 10.1. The van der Waals surface area contributed by atoms with Gasteiger partial charge in [-0.3, -0.25) is 8.84 Å². The lowest BCUT2D eigenvalue weighted by atomic mass is 10.2. The number of rotatable bonds is 4. The van der Waals surface area contributed by atoms with Crippen LogP contribution in [0.5, 0.6) is 5.75 Å². The number of benzene rings is 1. The van der Waals surface area contributed by atoms with Gasteiger partial charge in [-0.05, 0) is 12.1 Å². The van der Waals surface area contributed by atoms with Gasteiger partial charge < -0.3 is 4.74 Å². The first-order chi connectivity index (χ1) is 6.74. The molecule has 14 heavy (non-hydrogen) atoms. The van der Waals surface area contributed by atoms with Crippen molar-refractivity contribution in [3.63, 3.8) is 0 Å². The first-order valence-electron chi connectivity index (χ1n) is 3.69. The third kappa shape index (κ3) is 3.15. The summed E-state index contributed by atoms with van der Waals surface area (Å²) < 4.78 is 27.5. The molecule has 1 aromatic rings. The summed E-state index contributed by atoms with van der Waals surface area (Å²) in [6, 6.07) is 7.09. The average molecular weight is 215 g/mol. The van der Waals surface area contributed by atoms with E-state index >= 15 is 0 Å². The predicted molar refractivity (Wildman–Crippen MR) is 52.4 cm³/mol. The molecule has 0 radical (unpaired) electrons. The Balaban J connectivity index is 2.75. The van der Waals surface area contributed by atoms with Crippen molar-refractivity contribution in [2.45, 2.75) is 0 Å². The van der Waals surface area contributed by atoms with Crippen LogP contribution in [0.2, 0.25) is 0 Å². The zero-order valence-corrected chi connectivity index (χ0v) is 8.23. The number of oxime groups is 1. The molecule has 0 heterocycles. The maximum Gasteiger partial charge on any atom is 0.378 e. The Hall–Kier alpha value is -1.40.